The minimum atomic E-state index is 0.924. The summed E-state index contributed by atoms with van der Waals surface area (Å²) in [6.07, 6.45) is 10.6. The van der Waals surface area contributed by atoms with Crippen molar-refractivity contribution in [2.24, 2.45) is 0 Å². The van der Waals surface area contributed by atoms with E-state index in [2.05, 4.69) is 29.7 Å². The molecule has 1 aromatic carbocycles. The molecule has 0 atom stereocenters. The highest BCUT2D eigenvalue weighted by molar-refractivity contribution is 5.45. The molecule has 3 aromatic rings. The molecule has 0 saturated carbocycles. The van der Waals surface area contributed by atoms with Gasteiger partial charge in [-0.1, -0.05) is 74.4 Å². The molecule has 0 bridgehead atoms. The van der Waals surface area contributed by atoms with Crippen molar-refractivity contribution in [3.05, 3.63) is 116 Å². The second-order valence-corrected chi connectivity index (χ2v) is 4.56. The Morgan fingerprint density at radius 3 is 1.67 bits per heavy atom. The zero-order valence-corrected chi connectivity index (χ0v) is 13.8. The van der Waals surface area contributed by atoms with Crippen molar-refractivity contribution >= 4 is 18.2 Å². The Kier molecular flexibility index (Phi) is 9.63. The van der Waals surface area contributed by atoms with E-state index in [9.17, 15) is 0 Å². The summed E-state index contributed by atoms with van der Waals surface area (Å²) in [5.74, 6) is 0. The van der Waals surface area contributed by atoms with Crippen LogP contribution >= 0.6 is 0 Å². The normalized spacial score (nSPS) is 8.50. The van der Waals surface area contributed by atoms with Crippen molar-refractivity contribution < 1.29 is 0 Å². The second-order valence-electron chi connectivity index (χ2n) is 4.56. The van der Waals surface area contributed by atoms with Gasteiger partial charge in [0.2, 0.25) is 0 Å². The molecule has 0 fully saturated rings. The van der Waals surface area contributed by atoms with Gasteiger partial charge < -0.3 is 0 Å². The Morgan fingerprint density at radius 1 is 0.625 bits per heavy atom. The maximum Gasteiger partial charge on any atom is 0.0623 e. The van der Waals surface area contributed by atoms with Gasteiger partial charge in [-0.3, -0.25) is 9.97 Å². The van der Waals surface area contributed by atoms with Gasteiger partial charge in [-0.2, -0.15) is 0 Å². The third kappa shape index (κ3) is 8.25. The van der Waals surface area contributed by atoms with Crippen LogP contribution in [0.4, 0.5) is 0 Å². The van der Waals surface area contributed by atoms with Crippen LogP contribution in [0, 0.1) is 0 Å². The van der Waals surface area contributed by atoms with Crippen LogP contribution in [0.15, 0.2) is 99.0 Å². The molecule has 0 spiro atoms. The first kappa shape index (κ1) is 18.8. The van der Waals surface area contributed by atoms with Gasteiger partial charge in [0.15, 0.2) is 0 Å². The first-order valence-electron chi connectivity index (χ1n) is 7.53. The number of hydrogen-bond donors (Lipinski definition) is 0. The summed E-state index contributed by atoms with van der Waals surface area (Å²) in [5.41, 5.74) is 3.16. The number of aromatic nitrogens is 2. The molecular formula is C22H22N2. The number of pyridine rings is 2. The first-order chi connectivity index (χ1) is 11.8. The quantitative estimate of drug-likeness (QED) is 0.612. The molecule has 0 unspecified atom stereocenters. The van der Waals surface area contributed by atoms with Crippen LogP contribution in [0.25, 0.3) is 18.2 Å². The Morgan fingerprint density at radius 2 is 1.29 bits per heavy atom. The molecule has 0 saturated heterocycles. The summed E-state index contributed by atoms with van der Waals surface area (Å²) in [5, 5.41) is 0. The number of benzene rings is 1. The van der Waals surface area contributed by atoms with Gasteiger partial charge in [0.1, 0.15) is 0 Å². The lowest BCUT2D eigenvalue weighted by atomic mass is 10.2. The third-order valence-electron chi connectivity index (χ3n) is 2.85. The summed E-state index contributed by atoms with van der Waals surface area (Å²) in [7, 11) is 0. The summed E-state index contributed by atoms with van der Waals surface area (Å²) < 4.78 is 0. The maximum absolute atomic E-state index is 3.98. The van der Waals surface area contributed by atoms with Gasteiger partial charge >= 0.3 is 0 Å². The van der Waals surface area contributed by atoms with Crippen LogP contribution in [-0.4, -0.2) is 9.97 Å². The smallest absolute Gasteiger partial charge is 0.0623 e. The van der Waals surface area contributed by atoms with Crippen LogP contribution in [0.2, 0.25) is 0 Å². The average molecular weight is 314 g/mol. The van der Waals surface area contributed by atoms with E-state index >= 15 is 0 Å². The molecule has 0 amide bonds. The highest BCUT2D eigenvalue weighted by atomic mass is 14.6. The molecule has 0 aliphatic heterocycles. The van der Waals surface area contributed by atoms with E-state index in [4.69, 9.17) is 0 Å². The minimum Gasteiger partial charge on any atom is -0.264 e. The average Bonchev–Trinajstić information content (AvgIpc) is 2.71. The van der Waals surface area contributed by atoms with Crippen molar-refractivity contribution in [2.75, 3.05) is 0 Å². The van der Waals surface area contributed by atoms with Gasteiger partial charge in [0.25, 0.3) is 0 Å². The lowest BCUT2D eigenvalue weighted by molar-refractivity contribution is 1.30. The Bertz CT molecular complexity index is 601. The molecule has 0 radical (unpaired) electrons. The van der Waals surface area contributed by atoms with Crippen LogP contribution < -0.4 is 0 Å². The van der Waals surface area contributed by atoms with Crippen molar-refractivity contribution in [3.63, 3.8) is 0 Å². The monoisotopic (exact) mass is 314 g/mol. The van der Waals surface area contributed by atoms with Crippen LogP contribution in [-0.2, 0) is 0 Å². The van der Waals surface area contributed by atoms with E-state index in [-0.39, 0.29) is 0 Å². The molecule has 2 heterocycles. The molecule has 24 heavy (non-hydrogen) atoms. The molecule has 0 aliphatic rings. The first-order valence-corrected chi connectivity index (χ1v) is 7.53. The molecular weight excluding hydrogens is 292 g/mol. The van der Waals surface area contributed by atoms with Crippen molar-refractivity contribution in [3.8, 4) is 0 Å². The van der Waals surface area contributed by atoms with E-state index in [0.717, 1.165) is 11.3 Å². The molecule has 0 N–H and O–H groups in total. The number of hydrogen-bond acceptors (Lipinski definition) is 2. The fraction of sp³-hybridized carbons (Fsp3) is 0. The van der Waals surface area contributed by atoms with E-state index < -0.39 is 0 Å². The molecule has 2 aromatic heterocycles. The fourth-order valence-corrected chi connectivity index (χ4v) is 1.58. The SMILES string of the molecule is C=Cc1ccccc1.C=Cc1ccccn1.C=Cc1cccnc1. The Balaban J connectivity index is 0.000000180. The lowest BCUT2D eigenvalue weighted by Crippen LogP contribution is -1.73. The molecule has 2 heteroatoms. The van der Waals surface area contributed by atoms with Gasteiger partial charge in [0.05, 0.1) is 5.69 Å². The van der Waals surface area contributed by atoms with Crippen LogP contribution in [0.3, 0.4) is 0 Å². The van der Waals surface area contributed by atoms with E-state index in [1.807, 2.05) is 66.7 Å². The van der Waals surface area contributed by atoms with Gasteiger partial charge in [0, 0.05) is 18.6 Å². The topological polar surface area (TPSA) is 25.8 Å². The summed E-state index contributed by atoms with van der Waals surface area (Å²) >= 11 is 0. The predicted octanol–water partition coefficient (Wildman–Crippen LogP) is 5.78. The summed E-state index contributed by atoms with van der Waals surface area (Å²) in [6, 6.07) is 19.6. The zero-order chi connectivity index (χ0) is 17.5. The van der Waals surface area contributed by atoms with Gasteiger partial charge in [-0.25, -0.2) is 0 Å². The van der Waals surface area contributed by atoms with E-state index in [0.29, 0.717) is 0 Å². The van der Waals surface area contributed by atoms with Gasteiger partial charge in [-0.15, -0.1) is 0 Å². The molecule has 2 nitrogen and oxygen atoms in total. The van der Waals surface area contributed by atoms with Crippen molar-refractivity contribution in [2.45, 2.75) is 0 Å². The highest BCUT2D eigenvalue weighted by Gasteiger charge is 1.78. The second kappa shape index (κ2) is 12.3. The lowest BCUT2D eigenvalue weighted by Gasteiger charge is -1.85. The van der Waals surface area contributed by atoms with Crippen molar-refractivity contribution in [1.29, 1.82) is 0 Å². The standard InChI is InChI=1S/C8H8.2C7H7N/c1-2-8-6-4-3-5-7-8;1-2-7-4-3-5-8-6-7;1-2-7-5-3-4-6-8-7/h2-7H,1H2;2*2-6H,1H2. The largest absolute Gasteiger partial charge is 0.264 e. The maximum atomic E-state index is 3.98. The van der Waals surface area contributed by atoms with Gasteiger partial charge in [-0.05, 0) is 35.4 Å². The fourth-order valence-electron chi connectivity index (χ4n) is 1.58. The molecule has 120 valence electrons. The third-order valence-corrected chi connectivity index (χ3v) is 2.85. The summed E-state index contributed by atoms with van der Waals surface area (Å²) in [4.78, 5) is 7.86. The minimum absolute atomic E-state index is 0.924. The van der Waals surface area contributed by atoms with E-state index in [1.165, 1.54) is 5.56 Å². The summed E-state index contributed by atoms with van der Waals surface area (Å²) in [6.45, 7) is 10.8. The van der Waals surface area contributed by atoms with E-state index in [1.54, 1.807) is 30.7 Å². The highest BCUT2D eigenvalue weighted by Crippen LogP contribution is 1.97. The number of rotatable bonds is 3. The predicted molar refractivity (Wildman–Crippen MR) is 105 cm³/mol. The zero-order valence-electron chi connectivity index (χ0n) is 13.8. The molecule has 0 aliphatic carbocycles. The number of nitrogens with zero attached hydrogens (tertiary/aromatic N) is 2. The van der Waals surface area contributed by atoms with Crippen molar-refractivity contribution in [1.82, 2.24) is 9.97 Å². The van der Waals surface area contributed by atoms with Crippen LogP contribution in [0.5, 0.6) is 0 Å². The Hall–Kier alpha value is -3.26. The Labute approximate surface area is 144 Å². The molecule has 3 rings (SSSR count). The van der Waals surface area contributed by atoms with Crippen LogP contribution in [0.1, 0.15) is 16.8 Å².